The molecule has 1 atom stereocenters. The summed E-state index contributed by atoms with van der Waals surface area (Å²) in [4.78, 5) is 24.4. The number of hydrogen-bond acceptors (Lipinski definition) is 6. The molecule has 7 nitrogen and oxygen atoms in total. The zero-order valence-corrected chi connectivity index (χ0v) is 21.9. The smallest absolute Gasteiger partial charge is 0.272 e. The first-order valence-corrected chi connectivity index (χ1v) is 12.1. The van der Waals surface area contributed by atoms with Gasteiger partial charge < -0.3 is 4.74 Å². The molecule has 2 aliphatic heterocycles. The zero-order chi connectivity index (χ0) is 26.0. The van der Waals surface area contributed by atoms with Crippen LogP contribution < -0.4 is 11.0 Å². The van der Waals surface area contributed by atoms with Gasteiger partial charge in [-0.1, -0.05) is 11.6 Å². The average Bonchev–Trinajstić information content (AvgIpc) is 2.81. The molecule has 1 N–H and O–H groups in total. The van der Waals surface area contributed by atoms with Crippen LogP contribution in [0.3, 0.4) is 0 Å². The number of rotatable bonds is 6. The number of hydrogen-bond donors (Lipinski definition) is 1. The number of pyridine rings is 1. The normalized spacial score (nSPS) is 18.5. The highest BCUT2D eigenvalue weighted by Gasteiger charge is 2.29. The van der Waals surface area contributed by atoms with Crippen LogP contribution >= 0.6 is 0 Å². The highest BCUT2D eigenvalue weighted by molar-refractivity contribution is 5.78. The van der Waals surface area contributed by atoms with Crippen LogP contribution in [0.5, 0.6) is 0 Å². The standard InChI is InChI=1S/C28H34FN5O2/c1-17(2)9-24(18(3)10-20(5)29)21-12-22-15-33(8-7-25(22)30-14-21)28-19(4)11-26-31-23(16-36-6)13-27(35)34(26)32-28/h9-14,28,32H,7-8,15-16H2,1-6H3/b20-10+,24-18+. The van der Waals surface area contributed by atoms with E-state index >= 15 is 0 Å². The van der Waals surface area contributed by atoms with Crippen LogP contribution in [-0.4, -0.2) is 39.4 Å². The van der Waals surface area contributed by atoms with Gasteiger partial charge in [0, 0.05) is 50.1 Å². The Morgan fingerprint density at radius 3 is 2.72 bits per heavy atom. The first-order chi connectivity index (χ1) is 17.2. The largest absolute Gasteiger partial charge is 0.378 e. The molecule has 0 spiro atoms. The molecular weight excluding hydrogens is 457 g/mol. The first-order valence-electron chi connectivity index (χ1n) is 12.1. The van der Waals surface area contributed by atoms with Gasteiger partial charge in [0.15, 0.2) is 5.82 Å². The van der Waals surface area contributed by atoms with Crippen LogP contribution in [0.15, 0.2) is 57.8 Å². The Balaban J connectivity index is 1.64. The molecule has 190 valence electrons. The van der Waals surface area contributed by atoms with E-state index in [2.05, 4.69) is 27.5 Å². The van der Waals surface area contributed by atoms with Crippen LogP contribution in [0.2, 0.25) is 0 Å². The van der Waals surface area contributed by atoms with Crippen LogP contribution in [0.25, 0.3) is 11.6 Å². The van der Waals surface area contributed by atoms with Crippen molar-refractivity contribution in [1.29, 1.82) is 0 Å². The van der Waals surface area contributed by atoms with E-state index in [0.29, 0.717) is 24.7 Å². The highest BCUT2D eigenvalue weighted by atomic mass is 19.1. The Bertz CT molecular complexity index is 1340. The number of aromatic nitrogens is 3. The third-order valence-electron chi connectivity index (χ3n) is 6.35. The van der Waals surface area contributed by atoms with E-state index in [9.17, 15) is 9.18 Å². The molecule has 2 aromatic rings. The summed E-state index contributed by atoms with van der Waals surface area (Å²) in [7, 11) is 1.58. The molecule has 1 unspecified atom stereocenters. The molecule has 36 heavy (non-hydrogen) atoms. The molecule has 2 aliphatic rings. The van der Waals surface area contributed by atoms with Gasteiger partial charge in [-0.05, 0) is 75.1 Å². The number of fused-ring (bicyclic) bond motifs is 2. The molecule has 4 heterocycles. The summed E-state index contributed by atoms with van der Waals surface area (Å²) in [5.74, 6) is 0.349. The van der Waals surface area contributed by atoms with Gasteiger partial charge in [0.25, 0.3) is 5.56 Å². The van der Waals surface area contributed by atoms with E-state index in [1.807, 2.05) is 40.0 Å². The molecule has 4 rings (SSSR count). The Morgan fingerprint density at radius 2 is 2.03 bits per heavy atom. The third kappa shape index (κ3) is 5.55. The lowest BCUT2D eigenvalue weighted by atomic mass is 9.95. The maximum Gasteiger partial charge on any atom is 0.272 e. The Labute approximate surface area is 211 Å². The van der Waals surface area contributed by atoms with E-state index in [-0.39, 0.29) is 17.6 Å². The quantitative estimate of drug-likeness (QED) is 0.589. The van der Waals surface area contributed by atoms with Gasteiger partial charge in [0.05, 0.1) is 18.1 Å². The fraction of sp³-hybridized carbons (Fsp3) is 0.393. The van der Waals surface area contributed by atoms with Gasteiger partial charge >= 0.3 is 0 Å². The summed E-state index contributed by atoms with van der Waals surface area (Å²) >= 11 is 0. The SMILES string of the molecule is COCc1cc(=O)n2c(n1)C=C(C)C(N1CCc3ncc(/C(C=C(C)C)=C(C)/C=C(\C)F)cc3C1)N2. The van der Waals surface area contributed by atoms with Gasteiger partial charge in [-0.25, -0.2) is 14.1 Å². The minimum absolute atomic E-state index is 0.145. The number of methoxy groups -OCH3 is 1. The third-order valence-corrected chi connectivity index (χ3v) is 6.35. The maximum absolute atomic E-state index is 13.7. The van der Waals surface area contributed by atoms with Crippen molar-refractivity contribution < 1.29 is 9.13 Å². The molecule has 0 bridgehead atoms. The van der Waals surface area contributed by atoms with Crippen molar-refractivity contribution in [3.8, 4) is 0 Å². The molecule has 0 aliphatic carbocycles. The summed E-state index contributed by atoms with van der Waals surface area (Å²) in [5.41, 5.74) is 11.0. The van der Waals surface area contributed by atoms with E-state index in [0.717, 1.165) is 52.1 Å². The van der Waals surface area contributed by atoms with E-state index < -0.39 is 0 Å². The minimum Gasteiger partial charge on any atom is -0.378 e. The summed E-state index contributed by atoms with van der Waals surface area (Å²) in [6.45, 7) is 11.3. The van der Waals surface area contributed by atoms with Crippen molar-refractivity contribution in [2.45, 2.75) is 60.4 Å². The lowest BCUT2D eigenvalue weighted by Crippen LogP contribution is -2.51. The van der Waals surface area contributed by atoms with Gasteiger partial charge in [-0.3, -0.25) is 20.1 Å². The number of halogens is 1. The fourth-order valence-electron chi connectivity index (χ4n) is 4.78. The molecular formula is C28H34FN5O2. The van der Waals surface area contributed by atoms with E-state index in [1.165, 1.54) is 17.7 Å². The zero-order valence-electron chi connectivity index (χ0n) is 21.9. The summed E-state index contributed by atoms with van der Waals surface area (Å²) < 4.78 is 20.3. The number of nitrogens with one attached hydrogen (secondary N) is 1. The van der Waals surface area contributed by atoms with Crippen molar-refractivity contribution in [3.63, 3.8) is 0 Å². The lowest BCUT2D eigenvalue weighted by Gasteiger charge is -2.38. The van der Waals surface area contributed by atoms with Crippen LogP contribution in [0.4, 0.5) is 4.39 Å². The van der Waals surface area contributed by atoms with Gasteiger partial charge in [0.2, 0.25) is 0 Å². The van der Waals surface area contributed by atoms with Gasteiger partial charge in [-0.15, -0.1) is 0 Å². The fourth-order valence-corrected chi connectivity index (χ4v) is 4.78. The molecule has 0 amide bonds. The molecule has 8 heteroatoms. The summed E-state index contributed by atoms with van der Waals surface area (Å²) in [6, 6.07) is 3.66. The van der Waals surface area contributed by atoms with Crippen molar-refractivity contribution in [3.05, 3.63) is 91.7 Å². The van der Waals surface area contributed by atoms with E-state index in [4.69, 9.17) is 9.72 Å². The molecule has 0 saturated carbocycles. The Morgan fingerprint density at radius 1 is 1.25 bits per heavy atom. The predicted molar refractivity (Wildman–Crippen MR) is 141 cm³/mol. The molecule has 0 aromatic carbocycles. The predicted octanol–water partition coefficient (Wildman–Crippen LogP) is 4.74. The highest BCUT2D eigenvalue weighted by Crippen LogP contribution is 2.29. The number of allylic oxidation sites excluding steroid dienone is 6. The second kappa shape index (κ2) is 10.7. The second-order valence-corrected chi connectivity index (χ2v) is 9.73. The lowest BCUT2D eigenvalue weighted by molar-refractivity contribution is 0.180. The minimum atomic E-state index is -0.228. The van der Waals surface area contributed by atoms with E-state index in [1.54, 1.807) is 13.2 Å². The topological polar surface area (TPSA) is 72.3 Å². The maximum atomic E-state index is 13.7. The summed E-state index contributed by atoms with van der Waals surface area (Å²) in [6.07, 6.45) is 8.13. The second-order valence-electron chi connectivity index (χ2n) is 9.73. The van der Waals surface area contributed by atoms with Crippen molar-refractivity contribution >= 4 is 11.6 Å². The van der Waals surface area contributed by atoms with Crippen LogP contribution in [-0.2, 0) is 24.3 Å². The molecule has 0 radical (unpaired) electrons. The van der Waals surface area contributed by atoms with Crippen molar-refractivity contribution in [2.75, 3.05) is 19.1 Å². The monoisotopic (exact) mass is 491 g/mol. The van der Waals surface area contributed by atoms with Crippen molar-refractivity contribution in [2.24, 2.45) is 0 Å². The van der Waals surface area contributed by atoms with Crippen LogP contribution in [0, 0.1) is 0 Å². The molecule has 2 aromatic heterocycles. The van der Waals surface area contributed by atoms with Crippen LogP contribution in [0.1, 0.15) is 63.0 Å². The molecule has 0 fully saturated rings. The number of ether oxygens (including phenoxy) is 1. The van der Waals surface area contributed by atoms with Gasteiger partial charge in [-0.2, -0.15) is 0 Å². The Kier molecular flexibility index (Phi) is 7.66. The first kappa shape index (κ1) is 25.7. The van der Waals surface area contributed by atoms with Crippen molar-refractivity contribution in [1.82, 2.24) is 19.5 Å². The summed E-state index contributed by atoms with van der Waals surface area (Å²) in [5, 5.41) is 0. The number of nitrogens with zero attached hydrogens (tertiary/aromatic N) is 4. The molecule has 0 saturated heterocycles. The van der Waals surface area contributed by atoms with Gasteiger partial charge in [0.1, 0.15) is 6.17 Å². The average molecular weight is 492 g/mol. The Hall–Kier alpha value is -3.36.